The number of amides is 1. The smallest absolute Gasteiger partial charge is 0.251 e. The molecule has 0 radical (unpaired) electrons. The van der Waals surface area contributed by atoms with Crippen LogP contribution in [-0.2, 0) is 6.54 Å². The minimum atomic E-state index is -0.210. The molecule has 0 aromatic heterocycles. The van der Waals surface area contributed by atoms with Gasteiger partial charge in [0, 0.05) is 30.6 Å². The number of benzene rings is 2. The molecular weight excluding hydrogens is 375 g/mol. The number of nitrogens with zero attached hydrogens (tertiary/aromatic N) is 1. The second-order valence-electron chi connectivity index (χ2n) is 6.06. The first-order valence-corrected chi connectivity index (χ1v) is 10.3. The van der Waals surface area contributed by atoms with E-state index >= 15 is 0 Å². The first-order chi connectivity index (χ1) is 13.6. The molecule has 7 heteroatoms. The molecule has 0 fully saturated rings. The second kappa shape index (κ2) is 12.0. The van der Waals surface area contributed by atoms with Crippen molar-refractivity contribution < 1.29 is 9.18 Å². The summed E-state index contributed by atoms with van der Waals surface area (Å²) in [6, 6.07) is 14.0. The minimum absolute atomic E-state index is 0.102. The predicted molar refractivity (Wildman–Crippen MR) is 114 cm³/mol. The van der Waals surface area contributed by atoms with Crippen LogP contribution < -0.4 is 16.0 Å². The van der Waals surface area contributed by atoms with Gasteiger partial charge in [-0.2, -0.15) is 0 Å². The summed E-state index contributed by atoms with van der Waals surface area (Å²) in [6.07, 6.45) is 0.957. The van der Waals surface area contributed by atoms with Crippen molar-refractivity contribution in [1.29, 1.82) is 0 Å². The Balaban J connectivity index is 1.80. The average molecular weight is 403 g/mol. The van der Waals surface area contributed by atoms with E-state index in [9.17, 15) is 9.18 Å². The van der Waals surface area contributed by atoms with Gasteiger partial charge in [-0.25, -0.2) is 9.38 Å². The van der Waals surface area contributed by atoms with E-state index in [1.807, 2.05) is 25.1 Å². The van der Waals surface area contributed by atoms with Crippen LogP contribution in [0.1, 0.15) is 29.3 Å². The molecule has 0 heterocycles. The highest BCUT2D eigenvalue weighted by Gasteiger charge is 2.04. The van der Waals surface area contributed by atoms with Crippen LogP contribution in [-0.4, -0.2) is 37.8 Å². The van der Waals surface area contributed by atoms with E-state index in [4.69, 9.17) is 0 Å². The molecule has 0 aliphatic rings. The Labute approximate surface area is 170 Å². The summed E-state index contributed by atoms with van der Waals surface area (Å²) in [5.41, 5.74) is 1.61. The van der Waals surface area contributed by atoms with E-state index in [1.54, 1.807) is 37.0 Å². The Morgan fingerprint density at radius 3 is 2.64 bits per heavy atom. The van der Waals surface area contributed by atoms with Crippen LogP contribution in [0.2, 0.25) is 0 Å². The molecule has 1 amide bonds. The fourth-order valence-corrected chi connectivity index (χ4v) is 3.32. The van der Waals surface area contributed by atoms with Gasteiger partial charge in [-0.3, -0.25) is 4.79 Å². The third-order valence-corrected chi connectivity index (χ3v) is 4.97. The number of carbonyl (C=O) groups excluding carboxylic acids is 1. The van der Waals surface area contributed by atoms with Gasteiger partial charge in [-0.15, -0.1) is 11.8 Å². The van der Waals surface area contributed by atoms with Crippen LogP contribution in [0.15, 0.2) is 58.4 Å². The van der Waals surface area contributed by atoms with Gasteiger partial charge >= 0.3 is 0 Å². The molecule has 0 aliphatic heterocycles. The van der Waals surface area contributed by atoms with Crippen LogP contribution in [0.5, 0.6) is 0 Å². The van der Waals surface area contributed by atoms with E-state index in [0.717, 1.165) is 41.7 Å². The van der Waals surface area contributed by atoms with Crippen molar-refractivity contribution in [3.05, 3.63) is 65.5 Å². The van der Waals surface area contributed by atoms with Crippen LogP contribution in [0.25, 0.3) is 0 Å². The quantitative estimate of drug-likeness (QED) is 0.260. The van der Waals surface area contributed by atoms with Gasteiger partial charge in [-0.1, -0.05) is 12.1 Å². The largest absolute Gasteiger partial charge is 0.357 e. The van der Waals surface area contributed by atoms with Crippen molar-refractivity contribution in [3.63, 3.8) is 0 Å². The number of rotatable bonds is 9. The Bertz CT molecular complexity index is 780. The molecule has 150 valence electrons. The SMILES string of the molecule is CCNC(=NCc1cccc(C(=O)NC)c1)NCCCSc1ccc(F)cc1. The molecule has 0 bridgehead atoms. The zero-order chi connectivity index (χ0) is 20.2. The van der Waals surface area contributed by atoms with Crippen molar-refractivity contribution in [1.82, 2.24) is 16.0 Å². The lowest BCUT2D eigenvalue weighted by atomic mass is 10.1. The van der Waals surface area contributed by atoms with Gasteiger partial charge in [0.25, 0.3) is 5.91 Å². The number of thioether (sulfide) groups is 1. The average Bonchev–Trinajstić information content (AvgIpc) is 2.72. The Kier molecular flexibility index (Phi) is 9.34. The van der Waals surface area contributed by atoms with E-state index in [1.165, 1.54) is 12.1 Å². The van der Waals surface area contributed by atoms with Gasteiger partial charge in [0.1, 0.15) is 5.82 Å². The summed E-state index contributed by atoms with van der Waals surface area (Å²) in [5.74, 6) is 1.37. The van der Waals surface area contributed by atoms with Crippen LogP contribution in [0, 0.1) is 5.82 Å². The zero-order valence-electron chi connectivity index (χ0n) is 16.3. The monoisotopic (exact) mass is 402 g/mol. The highest BCUT2D eigenvalue weighted by molar-refractivity contribution is 7.99. The fraction of sp³-hybridized carbons (Fsp3) is 0.333. The molecule has 0 saturated heterocycles. The zero-order valence-corrected chi connectivity index (χ0v) is 17.1. The fourth-order valence-electron chi connectivity index (χ4n) is 2.47. The number of guanidine groups is 1. The molecule has 0 saturated carbocycles. The van der Waals surface area contributed by atoms with Crippen LogP contribution in [0.4, 0.5) is 4.39 Å². The van der Waals surface area contributed by atoms with Gasteiger partial charge in [0.2, 0.25) is 0 Å². The van der Waals surface area contributed by atoms with E-state index in [2.05, 4.69) is 20.9 Å². The number of nitrogens with one attached hydrogen (secondary N) is 3. The lowest BCUT2D eigenvalue weighted by Gasteiger charge is -2.11. The van der Waals surface area contributed by atoms with Crippen molar-refractivity contribution in [3.8, 4) is 0 Å². The van der Waals surface area contributed by atoms with E-state index in [0.29, 0.717) is 12.1 Å². The number of hydrogen-bond donors (Lipinski definition) is 3. The third-order valence-electron chi connectivity index (χ3n) is 3.88. The number of carbonyl (C=O) groups is 1. The molecule has 2 aromatic carbocycles. The summed E-state index contributed by atoms with van der Waals surface area (Å²) in [5, 5.41) is 9.18. The highest BCUT2D eigenvalue weighted by atomic mass is 32.2. The number of halogens is 1. The van der Waals surface area contributed by atoms with Crippen LogP contribution in [0.3, 0.4) is 0 Å². The van der Waals surface area contributed by atoms with Crippen molar-refractivity contribution in [2.24, 2.45) is 4.99 Å². The van der Waals surface area contributed by atoms with Crippen molar-refractivity contribution in [2.45, 2.75) is 24.8 Å². The molecule has 0 aliphatic carbocycles. The minimum Gasteiger partial charge on any atom is -0.357 e. The molecule has 5 nitrogen and oxygen atoms in total. The number of aliphatic imine (C=N–C) groups is 1. The molecule has 28 heavy (non-hydrogen) atoms. The summed E-state index contributed by atoms with van der Waals surface area (Å²) >= 11 is 1.71. The number of hydrogen-bond acceptors (Lipinski definition) is 3. The summed E-state index contributed by atoms with van der Waals surface area (Å²) in [7, 11) is 1.62. The van der Waals surface area contributed by atoms with Gasteiger partial charge in [-0.05, 0) is 61.1 Å². The molecule has 0 atom stereocenters. The Morgan fingerprint density at radius 2 is 1.93 bits per heavy atom. The lowest BCUT2D eigenvalue weighted by Crippen LogP contribution is -2.37. The van der Waals surface area contributed by atoms with Crippen molar-refractivity contribution in [2.75, 3.05) is 25.9 Å². The maximum atomic E-state index is 12.9. The maximum Gasteiger partial charge on any atom is 0.251 e. The summed E-state index contributed by atoms with van der Waals surface area (Å²) in [4.78, 5) is 17.4. The van der Waals surface area contributed by atoms with Gasteiger partial charge in [0.05, 0.1) is 6.54 Å². The maximum absolute atomic E-state index is 12.9. The standard InChI is InChI=1S/C21H27FN4OS/c1-3-24-21(25-12-5-13-28-19-10-8-18(22)9-11-19)26-15-16-6-4-7-17(14-16)20(27)23-2/h4,6-11,14H,3,5,12-13,15H2,1-2H3,(H,23,27)(H2,24,25,26). The third kappa shape index (κ3) is 7.60. The Morgan fingerprint density at radius 1 is 1.14 bits per heavy atom. The molecule has 0 unspecified atom stereocenters. The normalized spacial score (nSPS) is 11.2. The highest BCUT2D eigenvalue weighted by Crippen LogP contribution is 2.18. The predicted octanol–water partition coefficient (Wildman–Crippen LogP) is 3.42. The van der Waals surface area contributed by atoms with Gasteiger partial charge < -0.3 is 16.0 Å². The van der Waals surface area contributed by atoms with Crippen molar-refractivity contribution >= 4 is 23.6 Å². The van der Waals surface area contributed by atoms with Crippen LogP contribution >= 0.6 is 11.8 Å². The molecule has 0 spiro atoms. The topological polar surface area (TPSA) is 65.5 Å². The molecular formula is C21H27FN4OS. The molecule has 2 aromatic rings. The first kappa shape index (κ1) is 21.8. The molecule has 3 N–H and O–H groups in total. The second-order valence-corrected chi connectivity index (χ2v) is 7.23. The summed E-state index contributed by atoms with van der Waals surface area (Å²) < 4.78 is 12.9. The Hall–Kier alpha value is -2.54. The summed E-state index contributed by atoms with van der Waals surface area (Å²) in [6.45, 7) is 4.07. The lowest BCUT2D eigenvalue weighted by molar-refractivity contribution is 0.0963. The van der Waals surface area contributed by atoms with E-state index in [-0.39, 0.29) is 11.7 Å². The van der Waals surface area contributed by atoms with E-state index < -0.39 is 0 Å². The molecule has 2 rings (SSSR count). The first-order valence-electron chi connectivity index (χ1n) is 9.34. The van der Waals surface area contributed by atoms with Gasteiger partial charge in [0.15, 0.2) is 5.96 Å².